The number of hydrogen-bond acceptors (Lipinski definition) is 2. The molecule has 0 spiro atoms. The van der Waals surface area contributed by atoms with E-state index >= 15 is 0 Å². The fourth-order valence-electron chi connectivity index (χ4n) is 1.98. The standard InChI is InChI=1S/C13H19NO/c1-10-3-5-11(6-4-10)9-14-12-7-8-13(12,2)15/h3-6,12,14-15H,7-9H2,1-2H3/t12-,13-/m0/s1. The van der Waals surface area contributed by atoms with E-state index in [0.717, 1.165) is 19.4 Å². The van der Waals surface area contributed by atoms with Gasteiger partial charge in [0.1, 0.15) is 0 Å². The Labute approximate surface area is 91.3 Å². The first-order valence-electron chi connectivity index (χ1n) is 5.59. The van der Waals surface area contributed by atoms with Crippen molar-refractivity contribution in [2.45, 2.75) is 44.9 Å². The lowest BCUT2D eigenvalue weighted by Crippen LogP contribution is -2.56. The van der Waals surface area contributed by atoms with Crippen LogP contribution in [0.2, 0.25) is 0 Å². The molecule has 82 valence electrons. The van der Waals surface area contributed by atoms with Gasteiger partial charge in [0.15, 0.2) is 0 Å². The van der Waals surface area contributed by atoms with Crippen LogP contribution >= 0.6 is 0 Å². The summed E-state index contributed by atoms with van der Waals surface area (Å²) >= 11 is 0. The highest BCUT2D eigenvalue weighted by Gasteiger charge is 2.40. The smallest absolute Gasteiger partial charge is 0.0772 e. The van der Waals surface area contributed by atoms with E-state index in [1.54, 1.807) is 0 Å². The zero-order valence-electron chi connectivity index (χ0n) is 9.46. The topological polar surface area (TPSA) is 32.3 Å². The first-order chi connectivity index (χ1) is 7.08. The maximum Gasteiger partial charge on any atom is 0.0772 e. The van der Waals surface area contributed by atoms with Crippen LogP contribution in [-0.4, -0.2) is 16.7 Å². The Kier molecular flexibility index (Phi) is 2.81. The molecular formula is C13H19NO. The van der Waals surface area contributed by atoms with Gasteiger partial charge in [-0.2, -0.15) is 0 Å². The molecule has 0 amide bonds. The van der Waals surface area contributed by atoms with E-state index in [-0.39, 0.29) is 6.04 Å². The highest BCUT2D eigenvalue weighted by molar-refractivity contribution is 5.21. The monoisotopic (exact) mass is 205 g/mol. The lowest BCUT2D eigenvalue weighted by Gasteiger charge is -2.43. The Balaban J connectivity index is 1.86. The molecule has 1 aromatic rings. The molecule has 0 heterocycles. The quantitative estimate of drug-likeness (QED) is 0.791. The van der Waals surface area contributed by atoms with Gasteiger partial charge in [-0.15, -0.1) is 0 Å². The Bertz CT molecular complexity index is 329. The van der Waals surface area contributed by atoms with Crippen LogP contribution in [-0.2, 0) is 6.54 Å². The maximum atomic E-state index is 9.83. The Morgan fingerprint density at radius 1 is 1.40 bits per heavy atom. The molecule has 0 unspecified atom stereocenters. The summed E-state index contributed by atoms with van der Waals surface area (Å²) in [7, 11) is 0. The van der Waals surface area contributed by atoms with Crippen molar-refractivity contribution >= 4 is 0 Å². The van der Waals surface area contributed by atoms with Gasteiger partial charge in [-0.25, -0.2) is 0 Å². The van der Waals surface area contributed by atoms with Crippen molar-refractivity contribution in [1.29, 1.82) is 0 Å². The van der Waals surface area contributed by atoms with Gasteiger partial charge in [-0.3, -0.25) is 0 Å². The third-order valence-electron chi connectivity index (χ3n) is 3.36. The fraction of sp³-hybridized carbons (Fsp3) is 0.538. The summed E-state index contributed by atoms with van der Waals surface area (Å²) < 4.78 is 0. The van der Waals surface area contributed by atoms with Crippen molar-refractivity contribution in [3.63, 3.8) is 0 Å². The molecule has 0 saturated heterocycles. The van der Waals surface area contributed by atoms with Crippen LogP contribution in [0.1, 0.15) is 30.9 Å². The minimum absolute atomic E-state index is 0.263. The second-order valence-corrected chi connectivity index (χ2v) is 4.81. The summed E-state index contributed by atoms with van der Waals surface area (Å²) in [6.07, 6.45) is 2.00. The van der Waals surface area contributed by atoms with Gasteiger partial charge in [0.2, 0.25) is 0 Å². The number of rotatable bonds is 3. The number of aryl methyl sites for hydroxylation is 1. The van der Waals surface area contributed by atoms with E-state index in [2.05, 4.69) is 36.5 Å². The predicted octanol–water partition coefficient (Wildman–Crippen LogP) is 2.00. The molecule has 1 aliphatic rings. The molecule has 2 atom stereocenters. The van der Waals surface area contributed by atoms with Crippen LogP contribution < -0.4 is 5.32 Å². The highest BCUT2D eigenvalue weighted by atomic mass is 16.3. The molecule has 2 nitrogen and oxygen atoms in total. The minimum Gasteiger partial charge on any atom is -0.389 e. The summed E-state index contributed by atoms with van der Waals surface area (Å²) in [5, 5.41) is 13.2. The number of aliphatic hydroxyl groups is 1. The lowest BCUT2D eigenvalue weighted by atomic mass is 9.76. The summed E-state index contributed by atoms with van der Waals surface area (Å²) in [6, 6.07) is 8.77. The van der Waals surface area contributed by atoms with Crippen LogP contribution in [0.4, 0.5) is 0 Å². The molecule has 1 aliphatic carbocycles. The van der Waals surface area contributed by atoms with Gasteiger partial charge in [0, 0.05) is 12.6 Å². The summed E-state index contributed by atoms with van der Waals surface area (Å²) in [5.74, 6) is 0. The third-order valence-corrected chi connectivity index (χ3v) is 3.36. The molecule has 0 aliphatic heterocycles. The molecule has 2 heteroatoms. The SMILES string of the molecule is Cc1ccc(CN[C@H]2CC[C@]2(C)O)cc1. The van der Waals surface area contributed by atoms with Crippen molar-refractivity contribution in [3.05, 3.63) is 35.4 Å². The molecule has 0 aromatic heterocycles. The van der Waals surface area contributed by atoms with Crippen molar-refractivity contribution < 1.29 is 5.11 Å². The lowest BCUT2D eigenvalue weighted by molar-refractivity contribution is -0.0523. The van der Waals surface area contributed by atoms with Crippen LogP contribution in [0.3, 0.4) is 0 Å². The van der Waals surface area contributed by atoms with Crippen molar-refractivity contribution in [1.82, 2.24) is 5.32 Å². The average Bonchev–Trinajstić information content (AvgIpc) is 2.20. The van der Waals surface area contributed by atoms with Crippen LogP contribution in [0, 0.1) is 6.92 Å². The van der Waals surface area contributed by atoms with E-state index in [4.69, 9.17) is 0 Å². The molecule has 0 bridgehead atoms. The molecule has 2 rings (SSSR count). The summed E-state index contributed by atoms with van der Waals surface area (Å²) in [5.41, 5.74) is 2.07. The molecular weight excluding hydrogens is 186 g/mol. The first kappa shape index (κ1) is 10.7. The van der Waals surface area contributed by atoms with Crippen LogP contribution in [0.25, 0.3) is 0 Å². The maximum absolute atomic E-state index is 9.83. The zero-order chi connectivity index (χ0) is 10.9. The number of nitrogens with one attached hydrogen (secondary N) is 1. The fourth-order valence-corrected chi connectivity index (χ4v) is 1.98. The van der Waals surface area contributed by atoms with Crippen molar-refractivity contribution in [2.24, 2.45) is 0 Å². The molecule has 1 fully saturated rings. The molecule has 1 aromatic carbocycles. The average molecular weight is 205 g/mol. The van der Waals surface area contributed by atoms with Gasteiger partial charge in [-0.1, -0.05) is 29.8 Å². The Morgan fingerprint density at radius 2 is 2.07 bits per heavy atom. The van der Waals surface area contributed by atoms with Crippen LogP contribution in [0.15, 0.2) is 24.3 Å². The molecule has 15 heavy (non-hydrogen) atoms. The highest BCUT2D eigenvalue weighted by Crippen LogP contribution is 2.31. The van der Waals surface area contributed by atoms with Crippen molar-refractivity contribution in [2.75, 3.05) is 0 Å². The first-order valence-corrected chi connectivity index (χ1v) is 5.59. The van der Waals surface area contributed by atoms with Gasteiger partial charge in [0.25, 0.3) is 0 Å². The summed E-state index contributed by atoms with van der Waals surface area (Å²) in [4.78, 5) is 0. The number of benzene rings is 1. The summed E-state index contributed by atoms with van der Waals surface area (Å²) in [6.45, 7) is 4.85. The second kappa shape index (κ2) is 3.95. The Morgan fingerprint density at radius 3 is 2.53 bits per heavy atom. The molecule has 1 saturated carbocycles. The minimum atomic E-state index is -0.495. The Hall–Kier alpha value is -0.860. The number of hydrogen-bond donors (Lipinski definition) is 2. The predicted molar refractivity (Wildman–Crippen MR) is 61.7 cm³/mol. The van der Waals surface area contributed by atoms with E-state index in [9.17, 15) is 5.11 Å². The molecule has 0 radical (unpaired) electrons. The zero-order valence-corrected chi connectivity index (χ0v) is 9.46. The van der Waals surface area contributed by atoms with E-state index < -0.39 is 5.60 Å². The van der Waals surface area contributed by atoms with Gasteiger partial charge in [-0.05, 0) is 32.3 Å². The van der Waals surface area contributed by atoms with E-state index in [1.165, 1.54) is 11.1 Å². The third kappa shape index (κ3) is 2.39. The van der Waals surface area contributed by atoms with Gasteiger partial charge >= 0.3 is 0 Å². The van der Waals surface area contributed by atoms with Gasteiger partial charge < -0.3 is 10.4 Å². The largest absolute Gasteiger partial charge is 0.389 e. The van der Waals surface area contributed by atoms with Crippen molar-refractivity contribution in [3.8, 4) is 0 Å². The normalized spacial score (nSPS) is 29.9. The van der Waals surface area contributed by atoms with E-state index in [0.29, 0.717) is 0 Å². The molecule has 2 N–H and O–H groups in total. The van der Waals surface area contributed by atoms with E-state index in [1.807, 2.05) is 6.92 Å². The van der Waals surface area contributed by atoms with Gasteiger partial charge in [0.05, 0.1) is 5.60 Å². The second-order valence-electron chi connectivity index (χ2n) is 4.81. The van der Waals surface area contributed by atoms with Crippen LogP contribution in [0.5, 0.6) is 0 Å².